The lowest BCUT2D eigenvalue weighted by Gasteiger charge is -1.91. The molecular formula is C4H6N2O2. The highest BCUT2D eigenvalue weighted by atomic mass is 16.2. The molecular weight excluding hydrogens is 108 g/mol. The molecule has 0 aromatic carbocycles. The third kappa shape index (κ3) is 2.23. The van der Waals surface area contributed by atoms with Crippen LogP contribution < -0.4 is 5.73 Å². The molecule has 0 aliphatic carbocycles. The molecule has 0 aliphatic heterocycles. The first-order chi connectivity index (χ1) is 3.68. The Labute approximate surface area is 46.4 Å². The standard InChI is InChI=1S/C4H6N2O2/c1-3(5)4(8)6-2-7/h3H,5H2,1H3/t3-/m0/s1. The molecule has 0 aliphatic rings. The molecule has 0 saturated carbocycles. The van der Waals surface area contributed by atoms with Crippen LogP contribution in [0.3, 0.4) is 0 Å². The van der Waals surface area contributed by atoms with Crippen molar-refractivity contribution in [2.24, 2.45) is 10.7 Å². The van der Waals surface area contributed by atoms with Crippen molar-refractivity contribution in [3.63, 3.8) is 0 Å². The van der Waals surface area contributed by atoms with E-state index in [9.17, 15) is 9.59 Å². The number of amides is 1. The Kier molecular flexibility index (Phi) is 2.69. The van der Waals surface area contributed by atoms with E-state index in [1.165, 1.54) is 6.92 Å². The van der Waals surface area contributed by atoms with Crippen LogP contribution in [0.1, 0.15) is 6.92 Å². The van der Waals surface area contributed by atoms with Crippen LogP contribution in [0.15, 0.2) is 4.99 Å². The largest absolute Gasteiger partial charge is 0.320 e. The summed E-state index contributed by atoms with van der Waals surface area (Å²) in [7, 11) is 0. The average Bonchev–Trinajstić information content (AvgIpc) is 1.67. The van der Waals surface area contributed by atoms with Crippen molar-refractivity contribution in [3.05, 3.63) is 0 Å². The number of aliphatic imine (C=N–C) groups is 1. The maximum Gasteiger partial charge on any atom is 0.272 e. The average molecular weight is 114 g/mol. The minimum atomic E-state index is -0.698. The molecule has 4 nitrogen and oxygen atoms in total. The van der Waals surface area contributed by atoms with Crippen LogP contribution in [0, 0.1) is 0 Å². The lowest BCUT2D eigenvalue weighted by Crippen LogP contribution is -2.24. The summed E-state index contributed by atoms with van der Waals surface area (Å²) in [4.78, 5) is 22.3. The molecule has 0 spiro atoms. The van der Waals surface area contributed by atoms with Crippen molar-refractivity contribution in [1.29, 1.82) is 0 Å². The highest BCUT2D eigenvalue weighted by Gasteiger charge is 2.02. The van der Waals surface area contributed by atoms with Crippen molar-refractivity contribution in [2.75, 3.05) is 0 Å². The van der Waals surface area contributed by atoms with E-state index in [1.807, 2.05) is 0 Å². The number of rotatable bonds is 1. The van der Waals surface area contributed by atoms with E-state index < -0.39 is 11.9 Å². The van der Waals surface area contributed by atoms with E-state index in [0.29, 0.717) is 0 Å². The van der Waals surface area contributed by atoms with E-state index in [2.05, 4.69) is 4.99 Å². The summed E-state index contributed by atoms with van der Waals surface area (Å²) in [6.07, 6.45) is 1.09. The van der Waals surface area contributed by atoms with E-state index in [0.717, 1.165) is 6.08 Å². The molecule has 2 N–H and O–H groups in total. The second kappa shape index (κ2) is 3.07. The number of carbonyl (C=O) groups is 1. The Morgan fingerprint density at radius 3 is 2.50 bits per heavy atom. The van der Waals surface area contributed by atoms with E-state index in [4.69, 9.17) is 5.73 Å². The summed E-state index contributed by atoms with van der Waals surface area (Å²) in [6.45, 7) is 1.45. The van der Waals surface area contributed by atoms with Gasteiger partial charge in [-0.2, -0.15) is 0 Å². The highest BCUT2D eigenvalue weighted by Crippen LogP contribution is 1.77. The number of nitrogens with two attached hydrogens (primary N) is 1. The molecule has 1 amide bonds. The number of isocyanates is 1. The van der Waals surface area contributed by atoms with Crippen LogP contribution in [0.2, 0.25) is 0 Å². The number of hydrogen-bond donors (Lipinski definition) is 1. The van der Waals surface area contributed by atoms with Crippen molar-refractivity contribution >= 4 is 12.0 Å². The second-order valence-corrected chi connectivity index (χ2v) is 1.33. The lowest BCUT2D eigenvalue weighted by atomic mass is 10.4. The lowest BCUT2D eigenvalue weighted by molar-refractivity contribution is -0.118. The normalized spacial score (nSPS) is 11.8. The quantitative estimate of drug-likeness (QED) is 0.358. The van der Waals surface area contributed by atoms with Gasteiger partial charge in [-0.15, -0.1) is 4.99 Å². The zero-order valence-electron chi connectivity index (χ0n) is 4.42. The first kappa shape index (κ1) is 7.01. The zero-order valence-corrected chi connectivity index (χ0v) is 4.42. The maximum atomic E-state index is 10.2. The second-order valence-electron chi connectivity index (χ2n) is 1.33. The van der Waals surface area contributed by atoms with Crippen LogP contribution in [-0.2, 0) is 9.59 Å². The van der Waals surface area contributed by atoms with Crippen molar-refractivity contribution in [2.45, 2.75) is 13.0 Å². The van der Waals surface area contributed by atoms with Crippen LogP contribution in [0.25, 0.3) is 0 Å². The first-order valence-electron chi connectivity index (χ1n) is 2.05. The van der Waals surface area contributed by atoms with Gasteiger partial charge in [0.05, 0.1) is 6.04 Å². The topological polar surface area (TPSA) is 72.5 Å². The van der Waals surface area contributed by atoms with Crippen LogP contribution in [0.4, 0.5) is 0 Å². The summed E-state index contributed by atoms with van der Waals surface area (Å²) in [5, 5.41) is 0. The highest BCUT2D eigenvalue weighted by molar-refractivity contribution is 5.85. The van der Waals surface area contributed by atoms with Gasteiger partial charge in [0, 0.05) is 0 Å². The van der Waals surface area contributed by atoms with E-state index in [-0.39, 0.29) is 0 Å². The molecule has 0 fully saturated rings. The Morgan fingerprint density at radius 1 is 1.88 bits per heavy atom. The molecule has 8 heavy (non-hydrogen) atoms. The van der Waals surface area contributed by atoms with Gasteiger partial charge in [0.15, 0.2) is 0 Å². The molecule has 1 atom stereocenters. The Hall–Kier alpha value is -0.990. The zero-order chi connectivity index (χ0) is 6.57. The summed E-state index contributed by atoms with van der Waals surface area (Å²) >= 11 is 0. The van der Waals surface area contributed by atoms with Crippen LogP contribution in [0.5, 0.6) is 0 Å². The molecule has 0 saturated heterocycles. The van der Waals surface area contributed by atoms with Gasteiger partial charge in [-0.05, 0) is 6.92 Å². The molecule has 0 bridgehead atoms. The van der Waals surface area contributed by atoms with Gasteiger partial charge in [0.2, 0.25) is 6.08 Å². The summed E-state index contributed by atoms with van der Waals surface area (Å²) in [6, 6.07) is -0.698. The maximum absolute atomic E-state index is 10.2. The first-order valence-corrected chi connectivity index (χ1v) is 2.05. The number of carbonyl (C=O) groups excluding carboxylic acids is 2. The van der Waals surface area contributed by atoms with Gasteiger partial charge >= 0.3 is 0 Å². The van der Waals surface area contributed by atoms with Gasteiger partial charge in [-0.1, -0.05) is 0 Å². The third-order valence-electron chi connectivity index (χ3n) is 0.545. The monoisotopic (exact) mass is 114 g/mol. The van der Waals surface area contributed by atoms with Gasteiger partial charge < -0.3 is 5.73 Å². The van der Waals surface area contributed by atoms with Gasteiger partial charge in [0.25, 0.3) is 5.91 Å². The predicted octanol–water partition coefficient (Wildman–Crippen LogP) is -0.804. The van der Waals surface area contributed by atoms with E-state index >= 15 is 0 Å². The molecule has 0 heterocycles. The molecule has 0 radical (unpaired) electrons. The van der Waals surface area contributed by atoms with Gasteiger partial charge in [-0.3, -0.25) is 4.79 Å². The third-order valence-corrected chi connectivity index (χ3v) is 0.545. The molecule has 0 rings (SSSR count). The number of hydrogen-bond acceptors (Lipinski definition) is 3. The predicted molar refractivity (Wildman–Crippen MR) is 26.8 cm³/mol. The molecule has 0 unspecified atom stereocenters. The summed E-state index contributed by atoms with van der Waals surface area (Å²) in [5.74, 6) is -0.639. The van der Waals surface area contributed by atoms with Crippen molar-refractivity contribution < 1.29 is 9.59 Å². The van der Waals surface area contributed by atoms with Crippen LogP contribution in [-0.4, -0.2) is 18.0 Å². The Morgan fingerprint density at radius 2 is 2.38 bits per heavy atom. The minimum absolute atomic E-state index is 0.639. The summed E-state index contributed by atoms with van der Waals surface area (Å²) < 4.78 is 0. The molecule has 44 valence electrons. The Bertz CT molecular complexity index is 135. The van der Waals surface area contributed by atoms with Crippen molar-refractivity contribution in [3.8, 4) is 0 Å². The fraction of sp³-hybridized carbons (Fsp3) is 0.500. The fourth-order valence-corrected chi connectivity index (χ4v) is 0.147. The smallest absolute Gasteiger partial charge is 0.272 e. The molecule has 0 aromatic heterocycles. The number of nitrogens with zero attached hydrogens (tertiary/aromatic N) is 1. The van der Waals surface area contributed by atoms with Gasteiger partial charge in [0.1, 0.15) is 0 Å². The Balaban J connectivity index is 3.84. The van der Waals surface area contributed by atoms with Crippen molar-refractivity contribution in [1.82, 2.24) is 0 Å². The van der Waals surface area contributed by atoms with E-state index in [1.54, 1.807) is 0 Å². The van der Waals surface area contributed by atoms with Crippen LogP contribution >= 0.6 is 0 Å². The van der Waals surface area contributed by atoms with Gasteiger partial charge in [-0.25, -0.2) is 4.79 Å². The summed E-state index contributed by atoms with van der Waals surface area (Å²) in [5.41, 5.74) is 5.00. The SMILES string of the molecule is C[C@H](N)C(=O)N=C=O. The fourth-order valence-electron chi connectivity index (χ4n) is 0.147. The minimum Gasteiger partial charge on any atom is -0.320 e. The molecule has 0 aromatic rings. The molecule has 4 heteroatoms.